The third-order valence-corrected chi connectivity index (χ3v) is 4.17. The van der Waals surface area contributed by atoms with Crippen LogP contribution in [0.5, 0.6) is 0 Å². The van der Waals surface area contributed by atoms with Gasteiger partial charge >= 0.3 is 0 Å². The Morgan fingerprint density at radius 2 is 2.36 bits per heavy atom. The van der Waals surface area contributed by atoms with Crippen LogP contribution in [0.4, 0.5) is 5.69 Å². The third kappa shape index (κ3) is 2.73. The van der Waals surface area contributed by atoms with Crippen LogP contribution in [-0.2, 0) is 0 Å². The molecule has 0 spiro atoms. The SMILES string of the molecule is CC(=O)c1ccc(C#N)cc1N1CCCC(c2ncc[nH]2)C1. The number of nitrogens with zero attached hydrogens (tertiary/aromatic N) is 3. The van der Waals surface area contributed by atoms with Crippen molar-refractivity contribution >= 4 is 11.5 Å². The summed E-state index contributed by atoms with van der Waals surface area (Å²) in [5, 5.41) is 9.12. The number of piperidine rings is 1. The molecular formula is C17H18N4O. The van der Waals surface area contributed by atoms with Gasteiger partial charge in [-0.2, -0.15) is 5.26 Å². The summed E-state index contributed by atoms with van der Waals surface area (Å²) >= 11 is 0. The second-order valence-corrected chi connectivity index (χ2v) is 5.66. The van der Waals surface area contributed by atoms with E-state index in [1.807, 2.05) is 12.3 Å². The fourth-order valence-corrected chi connectivity index (χ4v) is 3.08. The maximum absolute atomic E-state index is 11.9. The molecule has 1 atom stereocenters. The average Bonchev–Trinajstić information content (AvgIpc) is 3.09. The summed E-state index contributed by atoms with van der Waals surface area (Å²) in [7, 11) is 0. The highest BCUT2D eigenvalue weighted by molar-refractivity contribution is 6.00. The van der Waals surface area contributed by atoms with Gasteiger partial charge in [-0.1, -0.05) is 0 Å². The summed E-state index contributed by atoms with van der Waals surface area (Å²) in [5.41, 5.74) is 2.13. The lowest BCUT2D eigenvalue weighted by molar-refractivity contribution is 0.101. The van der Waals surface area contributed by atoms with E-state index in [1.165, 1.54) is 0 Å². The van der Waals surface area contributed by atoms with Gasteiger partial charge in [0.25, 0.3) is 0 Å². The van der Waals surface area contributed by atoms with Crippen LogP contribution in [0.15, 0.2) is 30.6 Å². The molecule has 0 aliphatic carbocycles. The van der Waals surface area contributed by atoms with Gasteiger partial charge in [0.1, 0.15) is 5.82 Å². The van der Waals surface area contributed by atoms with Crippen LogP contribution >= 0.6 is 0 Å². The highest BCUT2D eigenvalue weighted by atomic mass is 16.1. The number of imidazole rings is 1. The van der Waals surface area contributed by atoms with Crippen molar-refractivity contribution in [3.05, 3.63) is 47.5 Å². The van der Waals surface area contributed by atoms with Crippen molar-refractivity contribution in [2.75, 3.05) is 18.0 Å². The zero-order chi connectivity index (χ0) is 15.5. The first-order valence-corrected chi connectivity index (χ1v) is 7.48. The maximum Gasteiger partial charge on any atom is 0.161 e. The highest BCUT2D eigenvalue weighted by Gasteiger charge is 2.25. The van der Waals surface area contributed by atoms with Crippen LogP contribution < -0.4 is 4.90 Å². The zero-order valence-corrected chi connectivity index (χ0v) is 12.5. The largest absolute Gasteiger partial charge is 0.370 e. The van der Waals surface area contributed by atoms with E-state index >= 15 is 0 Å². The Kier molecular flexibility index (Phi) is 3.92. The van der Waals surface area contributed by atoms with Crippen LogP contribution in [0.1, 0.15) is 47.4 Å². The number of hydrogen-bond donors (Lipinski definition) is 1. The molecule has 0 radical (unpaired) electrons. The molecule has 1 aromatic heterocycles. The Labute approximate surface area is 129 Å². The average molecular weight is 294 g/mol. The van der Waals surface area contributed by atoms with Gasteiger partial charge in [-0.15, -0.1) is 0 Å². The summed E-state index contributed by atoms with van der Waals surface area (Å²) in [4.78, 5) is 21.6. The number of H-pyrrole nitrogens is 1. The Hall–Kier alpha value is -2.61. The number of ketones is 1. The van der Waals surface area contributed by atoms with E-state index in [1.54, 1.807) is 25.3 Å². The smallest absolute Gasteiger partial charge is 0.161 e. The van der Waals surface area contributed by atoms with Gasteiger partial charge in [0.05, 0.1) is 11.6 Å². The van der Waals surface area contributed by atoms with Crippen molar-refractivity contribution < 1.29 is 4.79 Å². The summed E-state index contributed by atoms with van der Waals surface area (Å²) in [6.45, 7) is 3.27. The predicted molar refractivity (Wildman–Crippen MR) is 83.9 cm³/mol. The summed E-state index contributed by atoms with van der Waals surface area (Å²) < 4.78 is 0. The quantitative estimate of drug-likeness (QED) is 0.883. The van der Waals surface area contributed by atoms with Gasteiger partial charge in [0, 0.05) is 42.7 Å². The Balaban J connectivity index is 1.92. The van der Waals surface area contributed by atoms with E-state index < -0.39 is 0 Å². The first-order valence-electron chi connectivity index (χ1n) is 7.48. The van der Waals surface area contributed by atoms with Crippen molar-refractivity contribution in [3.8, 4) is 6.07 Å². The van der Waals surface area contributed by atoms with E-state index in [-0.39, 0.29) is 5.78 Å². The van der Waals surface area contributed by atoms with Crippen molar-refractivity contribution in [1.29, 1.82) is 5.26 Å². The fraction of sp³-hybridized carbons (Fsp3) is 0.353. The molecule has 1 aliphatic rings. The monoisotopic (exact) mass is 294 g/mol. The van der Waals surface area contributed by atoms with Crippen molar-refractivity contribution in [1.82, 2.24) is 9.97 Å². The molecule has 1 fully saturated rings. The number of aromatic amines is 1. The Bertz CT molecular complexity index is 715. The number of carbonyl (C=O) groups excluding carboxylic acids is 1. The second-order valence-electron chi connectivity index (χ2n) is 5.66. The van der Waals surface area contributed by atoms with E-state index in [4.69, 9.17) is 5.26 Å². The van der Waals surface area contributed by atoms with Gasteiger partial charge < -0.3 is 9.88 Å². The van der Waals surface area contributed by atoms with Crippen molar-refractivity contribution in [2.24, 2.45) is 0 Å². The summed E-state index contributed by atoms with van der Waals surface area (Å²) in [5.74, 6) is 1.35. The Morgan fingerprint density at radius 1 is 1.50 bits per heavy atom. The predicted octanol–water partition coefficient (Wildman–Crippen LogP) is 2.87. The molecule has 2 aromatic rings. The molecule has 2 heterocycles. The topological polar surface area (TPSA) is 72.8 Å². The molecule has 22 heavy (non-hydrogen) atoms. The highest BCUT2D eigenvalue weighted by Crippen LogP contribution is 2.31. The van der Waals surface area contributed by atoms with Gasteiger partial charge in [-0.25, -0.2) is 4.98 Å². The second kappa shape index (κ2) is 6.02. The van der Waals surface area contributed by atoms with Crippen LogP contribution in [0.3, 0.4) is 0 Å². The van der Waals surface area contributed by atoms with Crippen LogP contribution in [-0.4, -0.2) is 28.8 Å². The molecule has 1 aromatic carbocycles. The van der Waals surface area contributed by atoms with Crippen LogP contribution in [0.25, 0.3) is 0 Å². The zero-order valence-electron chi connectivity index (χ0n) is 12.5. The number of hydrogen-bond acceptors (Lipinski definition) is 4. The molecule has 3 rings (SSSR count). The van der Waals surface area contributed by atoms with E-state index in [9.17, 15) is 4.79 Å². The molecule has 5 heteroatoms. The van der Waals surface area contributed by atoms with E-state index in [0.29, 0.717) is 17.0 Å². The van der Waals surface area contributed by atoms with E-state index in [0.717, 1.165) is 37.4 Å². The number of rotatable bonds is 3. The fourth-order valence-electron chi connectivity index (χ4n) is 3.08. The molecule has 0 saturated carbocycles. The lowest BCUT2D eigenvalue weighted by Gasteiger charge is -2.34. The molecule has 1 aliphatic heterocycles. The van der Waals surface area contributed by atoms with Gasteiger partial charge in [-0.3, -0.25) is 4.79 Å². The summed E-state index contributed by atoms with van der Waals surface area (Å²) in [6, 6.07) is 7.43. The number of nitrogens with one attached hydrogen (secondary N) is 1. The molecule has 0 bridgehead atoms. The molecule has 1 unspecified atom stereocenters. The van der Waals surface area contributed by atoms with Gasteiger partial charge in [0.15, 0.2) is 5.78 Å². The van der Waals surface area contributed by atoms with Crippen LogP contribution in [0, 0.1) is 11.3 Å². The standard InChI is InChI=1S/C17H18N4O/c1-12(22)15-5-4-13(10-18)9-16(15)21-8-2-3-14(11-21)17-19-6-7-20-17/h4-7,9,14H,2-3,8,11H2,1H3,(H,19,20). The number of carbonyl (C=O) groups is 1. The molecule has 1 saturated heterocycles. The molecule has 0 amide bonds. The first-order chi connectivity index (χ1) is 10.7. The third-order valence-electron chi connectivity index (χ3n) is 4.17. The normalized spacial score (nSPS) is 18.0. The lowest BCUT2D eigenvalue weighted by atomic mass is 9.95. The van der Waals surface area contributed by atoms with Crippen molar-refractivity contribution in [3.63, 3.8) is 0 Å². The number of anilines is 1. The first kappa shape index (κ1) is 14.3. The molecular weight excluding hydrogens is 276 g/mol. The lowest BCUT2D eigenvalue weighted by Crippen LogP contribution is -2.35. The maximum atomic E-state index is 11.9. The minimum atomic E-state index is 0.0274. The van der Waals surface area contributed by atoms with Crippen LogP contribution in [0.2, 0.25) is 0 Å². The Morgan fingerprint density at radius 3 is 3.05 bits per heavy atom. The van der Waals surface area contributed by atoms with Gasteiger partial charge in [0.2, 0.25) is 0 Å². The van der Waals surface area contributed by atoms with Gasteiger partial charge in [-0.05, 0) is 38.0 Å². The van der Waals surface area contributed by atoms with E-state index in [2.05, 4.69) is 20.9 Å². The number of nitriles is 1. The molecule has 1 N–H and O–H groups in total. The summed E-state index contributed by atoms with van der Waals surface area (Å²) in [6.07, 6.45) is 5.73. The molecule has 5 nitrogen and oxygen atoms in total. The number of benzene rings is 1. The molecule has 112 valence electrons. The number of Topliss-reactive ketones (excluding diaryl/α,β-unsaturated/α-hetero) is 1. The minimum absolute atomic E-state index is 0.0274. The number of aromatic nitrogens is 2. The minimum Gasteiger partial charge on any atom is -0.370 e. The van der Waals surface area contributed by atoms with Crippen molar-refractivity contribution in [2.45, 2.75) is 25.7 Å².